The first kappa shape index (κ1) is 8.86. The van der Waals surface area contributed by atoms with Gasteiger partial charge in [0.15, 0.2) is 0 Å². The Labute approximate surface area is 39.8 Å². The van der Waals surface area contributed by atoms with Crippen LogP contribution in [-0.4, -0.2) is 6.47 Å². The van der Waals surface area contributed by atoms with E-state index in [1.165, 1.54) is 0 Å². The van der Waals surface area contributed by atoms with Gasteiger partial charge in [-0.1, -0.05) is 0 Å². The topological polar surface area (TPSA) is 52.3 Å². The molecule has 0 saturated carbocycles. The maximum Gasteiger partial charge on any atom is 0.312 e. The highest BCUT2D eigenvalue weighted by atomic mass is 79.9. The van der Waals surface area contributed by atoms with Crippen molar-refractivity contribution in [3.8, 4) is 0 Å². The van der Waals surface area contributed by atoms with Crippen LogP contribution in [0.3, 0.4) is 0 Å². The number of carbonyl (C=O) groups is 1. The van der Waals surface area contributed by atoms with Crippen LogP contribution in [-0.2, 0) is 9.63 Å². The van der Waals surface area contributed by atoms with E-state index in [0.29, 0.717) is 0 Å². The quantitative estimate of drug-likeness (QED) is 0.400. The first-order valence-corrected chi connectivity index (χ1v) is 0.707. The molecule has 0 aliphatic heterocycles. The molecule has 0 rings (SSSR count). The summed E-state index contributed by atoms with van der Waals surface area (Å²) in [5.74, 6) is 4.16. The molecule has 0 radical (unpaired) electrons. The van der Waals surface area contributed by atoms with Crippen LogP contribution < -0.4 is 5.90 Å². The molecule has 0 heterocycles. The van der Waals surface area contributed by atoms with Crippen molar-refractivity contribution in [2.45, 2.75) is 0 Å². The molecule has 0 aromatic carbocycles. The molecule has 0 aliphatic rings. The lowest BCUT2D eigenvalue weighted by molar-refractivity contribution is -0.129. The van der Waals surface area contributed by atoms with E-state index >= 15 is 0 Å². The summed E-state index contributed by atoms with van der Waals surface area (Å²) in [5.41, 5.74) is 0. The van der Waals surface area contributed by atoms with Crippen molar-refractivity contribution in [2.75, 3.05) is 0 Å². The van der Waals surface area contributed by atoms with Crippen LogP contribution in [0.4, 0.5) is 0 Å². The number of halogens is 1. The fourth-order valence-corrected chi connectivity index (χ4v) is 0. The van der Waals surface area contributed by atoms with Crippen LogP contribution in [0, 0.1) is 0 Å². The lowest BCUT2D eigenvalue weighted by Crippen LogP contribution is -1.92. The molecule has 0 aliphatic carbocycles. The Morgan fingerprint density at radius 1 is 1.80 bits per heavy atom. The monoisotopic (exact) mass is 141 g/mol. The summed E-state index contributed by atoms with van der Waals surface area (Å²) in [4.78, 5) is 12.2. The van der Waals surface area contributed by atoms with Gasteiger partial charge in [-0.25, -0.2) is 0 Å². The van der Waals surface area contributed by atoms with Gasteiger partial charge in [-0.3, -0.25) is 4.79 Å². The van der Waals surface area contributed by atoms with Gasteiger partial charge in [0.2, 0.25) is 0 Å². The van der Waals surface area contributed by atoms with Crippen molar-refractivity contribution in [1.29, 1.82) is 0 Å². The lowest BCUT2D eigenvalue weighted by Gasteiger charge is -1.66. The number of hydrogen-bond acceptors (Lipinski definition) is 3. The van der Waals surface area contributed by atoms with Crippen molar-refractivity contribution in [3.63, 3.8) is 0 Å². The molecule has 0 spiro atoms. The second-order valence-corrected chi connectivity index (χ2v) is 0.232. The number of nitrogens with two attached hydrogens (primary N) is 1. The minimum Gasteiger partial charge on any atom is -0.376 e. The van der Waals surface area contributed by atoms with Crippen LogP contribution in [0.15, 0.2) is 0 Å². The van der Waals surface area contributed by atoms with E-state index in [-0.39, 0.29) is 23.5 Å². The Morgan fingerprint density at radius 2 is 2.00 bits per heavy atom. The highest BCUT2D eigenvalue weighted by Crippen LogP contribution is 1.24. The smallest absolute Gasteiger partial charge is 0.312 e. The van der Waals surface area contributed by atoms with Crippen LogP contribution in [0.5, 0.6) is 0 Å². The molecule has 0 unspecified atom stereocenters. The zero-order valence-corrected chi connectivity index (χ0v) is 4.09. The van der Waals surface area contributed by atoms with Gasteiger partial charge < -0.3 is 4.84 Å². The number of hydrogen-bond donors (Lipinski definition) is 1. The summed E-state index contributed by atoms with van der Waals surface area (Å²) in [5, 5.41) is 0. The van der Waals surface area contributed by atoms with Gasteiger partial charge in [-0.2, -0.15) is 5.90 Å². The zero-order chi connectivity index (χ0) is 3.41. The summed E-state index contributed by atoms with van der Waals surface area (Å²) in [6.07, 6.45) is 0. The molecule has 0 atom stereocenters. The molecular formula is CH4BrNO2. The molecule has 5 heavy (non-hydrogen) atoms. The fourth-order valence-electron chi connectivity index (χ4n) is 0. The standard InChI is InChI=1S/CH3NO2.BrH/c2-4-1-3;/h1H,2H2;1H. The fraction of sp³-hybridized carbons (Fsp3) is 0. The molecule has 4 heteroatoms. The van der Waals surface area contributed by atoms with E-state index in [4.69, 9.17) is 4.79 Å². The molecule has 32 valence electrons. The molecular weight excluding hydrogens is 138 g/mol. The number of carbonyl (C=O) groups excluding carboxylic acids is 1. The van der Waals surface area contributed by atoms with E-state index in [1.807, 2.05) is 0 Å². The third kappa shape index (κ3) is 17.2. The molecule has 3 nitrogen and oxygen atoms in total. The van der Waals surface area contributed by atoms with E-state index in [1.54, 1.807) is 0 Å². The Balaban J connectivity index is 0. The summed E-state index contributed by atoms with van der Waals surface area (Å²) in [7, 11) is 0. The van der Waals surface area contributed by atoms with Gasteiger partial charge in [0.25, 0.3) is 0 Å². The Morgan fingerprint density at radius 3 is 2.00 bits per heavy atom. The summed E-state index contributed by atoms with van der Waals surface area (Å²) >= 11 is 0. The molecule has 0 bridgehead atoms. The molecule has 0 aromatic rings. The summed E-state index contributed by atoms with van der Waals surface area (Å²) < 4.78 is 0. The van der Waals surface area contributed by atoms with Crippen LogP contribution in [0.25, 0.3) is 0 Å². The first-order chi connectivity index (χ1) is 1.91. The van der Waals surface area contributed by atoms with Crippen molar-refractivity contribution in [1.82, 2.24) is 0 Å². The third-order valence-electron chi connectivity index (χ3n) is 0.0556. The lowest BCUT2D eigenvalue weighted by atomic mass is 11.6. The average Bonchev–Trinajstić information content (AvgIpc) is 1.37. The first-order valence-electron chi connectivity index (χ1n) is 0.707. The second-order valence-electron chi connectivity index (χ2n) is 0.232. The van der Waals surface area contributed by atoms with Gasteiger partial charge in [-0.05, 0) is 0 Å². The Bertz CT molecular complexity index is 23.6. The maximum atomic E-state index is 8.83. The van der Waals surface area contributed by atoms with Crippen molar-refractivity contribution in [2.24, 2.45) is 5.90 Å². The van der Waals surface area contributed by atoms with Crippen molar-refractivity contribution >= 4 is 23.5 Å². The highest BCUT2D eigenvalue weighted by Gasteiger charge is 1.44. The molecule has 2 N–H and O–H groups in total. The maximum absolute atomic E-state index is 8.83. The zero-order valence-electron chi connectivity index (χ0n) is 2.38. The Kier molecular flexibility index (Phi) is 16.1. The van der Waals surface area contributed by atoms with Gasteiger partial charge in [0.05, 0.1) is 0 Å². The molecule has 0 amide bonds. The summed E-state index contributed by atoms with van der Waals surface area (Å²) in [6.45, 7) is 0.153. The normalized spacial score (nSPS) is 4.20. The van der Waals surface area contributed by atoms with Crippen molar-refractivity contribution < 1.29 is 9.63 Å². The summed E-state index contributed by atoms with van der Waals surface area (Å²) in [6, 6.07) is 0. The van der Waals surface area contributed by atoms with Gasteiger partial charge >= 0.3 is 6.47 Å². The van der Waals surface area contributed by atoms with Crippen molar-refractivity contribution in [3.05, 3.63) is 0 Å². The highest BCUT2D eigenvalue weighted by molar-refractivity contribution is 8.93. The Hall–Kier alpha value is -0.0900. The minimum atomic E-state index is 0. The second kappa shape index (κ2) is 9.08. The van der Waals surface area contributed by atoms with Crippen LogP contribution >= 0.6 is 17.0 Å². The molecule has 0 fully saturated rings. The van der Waals surface area contributed by atoms with Gasteiger partial charge in [0.1, 0.15) is 0 Å². The van der Waals surface area contributed by atoms with Gasteiger partial charge in [-0.15, -0.1) is 17.0 Å². The van der Waals surface area contributed by atoms with E-state index in [2.05, 4.69) is 10.7 Å². The third-order valence-corrected chi connectivity index (χ3v) is 0.0556. The predicted molar refractivity (Wildman–Crippen MR) is 21.7 cm³/mol. The SMILES string of the molecule is Br.NOC=O. The van der Waals surface area contributed by atoms with E-state index in [0.717, 1.165) is 0 Å². The van der Waals surface area contributed by atoms with Gasteiger partial charge in [0, 0.05) is 0 Å². The molecule has 0 saturated heterocycles. The largest absolute Gasteiger partial charge is 0.376 e. The van der Waals surface area contributed by atoms with E-state index < -0.39 is 0 Å². The van der Waals surface area contributed by atoms with Crippen LogP contribution in [0.1, 0.15) is 0 Å². The van der Waals surface area contributed by atoms with E-state index in [9.17, 15) is 0 Å². The number of rotatable bonds is 1. The van der Waals surface area contributed by atoms with Crippen LogP contribution in [0.2, 0.25) is 0 Å². The molecule has 0 aromatic heterocycles. The average molecular weight is 142 g/mol. The predicted octanol–water partition coefficient (Wildman–Crippen LogP) is -0.389. The minimum absolute atomic E-state index is 0.